The highest BCUT2D eigenvalue weighted by Gasteiger charge is 2.10. The summed E-state index contributed by atoms with van der Waals surface area (Å²) in [6.07, 6.45) is 9.82. The number of amides is 1. The van der Waals surface area contributed by atoms with Crippen molar-refractivity contribution in [2.24, 2.45) is 0 Å². The zero-order valence-corrected chi connectivity index (χ0v) is 15.5. The number of hydrogen-bond acceptors (Lipinski definition) is 3. The molecule has 2 aromatic rings. The Morgan fingerprint density at radius 2 is 2.00 bits per heavy atom. The monoisotopic (exact) mass is 345 g/mol. The molecule has 130 valence electrons. The van der Waals surface area contributed by atoms with Crippen LogP contribution in [-0.2, 0) is 11.2 Å². The number of carbonyl (C=O) groups excluding carboxylic acids is 1. The van der Waals surface area contributed by atoms with E-state index in [9.17, 15) is 4.79 Å². The van der Waals surface area contributed by atoms with Crippen LogP contribution in [0.4, 0.5) is 0 Å². The molecule has 1 N–H and O–H groups in total. The van der Waals surface area contributed by atoms with Crippen molar-refractivity contribution < 1.29 is 4.79 Å². The van der Waals surface area contributed by atoms with Gasteiger partial charge in [0, 0.05) is 18.0 Å². The molecule has 4 nitrogen and oxygen atoms in total. The molecule has 2 heterocycles. The Morgan fingerprint density at radius 3 is 2.75 bits per heavy atom. The van der Waals surface area contributed by atoms with E-state index in [4.69, 9.17) is 12.2 Å². The van der Waals surface area contributed by atoms with E-state index in [1.54, 1.807) is 10.9 Å². The molecule has 0 saturated heterocycles. The van der Waals surface area contributed by atoms with Crippen LogP contribution in [0.5, 0.6) is 0 Å². The normalized spacial score (nSPS) is 10.9. The fraction of sp³-hybridized carbons (Fsp3) is 0.526. The van der Waals surface area contributed by atoms with Crippen molar-refractivity contribution in [3.05, 3.63) is 34.6 Å². The standard InChI is InChI=1S/C19H27N3OS/c1-3-5-6-7-8-12-17(23)21-22-18-15(11-9-13-20-18)14-16(10-4-2)19(22)24/h9,11,13-14H,3-8,10,12H2,1-2H3,(H,21,23). The molecule has 0 saturated carbocycles. The predicted octanol–water partition coefficient (Wildman–Crippen LogP) is 5.15. The van der Waals surface area contributed by atoms with Crippen LogP contribution in [0.15, 0.2) is 24.4 Å². The minimum Gasteiger partial charge on any atom is -0.273 e. The summed E-state index contributed by atoms with van der Waals surface area (Å²) in [5.74, 6) is 0.00296. The minimum atomic E-state index is 0.00296. The van der Waals surface area contributed by atoms with Gasteiger partial charge < -0.3 is 0 Å². The molecule has 0 fully saturated rings. The molecule has 1 amide bonds. The molecule has 0 radical (unpaired) electrons. The van der Waals surface area contributed by atoms with Crippen LogP contribution >= 0.6 is 12.2 Å². The van der Waals surface area contributed by atoms with Gasteiger partial charge in [0.05, 0.1) is 0 Å². The first-order valence-corrected chi connectivity index (χ1v) is 9.37. The second kappa shape index (κ2) is 9.52. The van der Waals surface area contributed by atoms with Crippen molar-refractivity contribution in [1.82, 2.24) is 9.66 Å². The summed E-state index contributed by atoms with van der Waals surface area (Å²) in [5.41, 5.74) is 4.74. The number of rotatable bonds is 9. The fourth-order valence-corrected chi connectivity index (χ4v) is 3.11. The quantitative estimate of drug-likeness (QED) is 0.505. The smallest absolute Gasteiger partial charge is 0.238 e. The molecule has 0 aliphatic carbocycles. The number of hydrogen-bond donors (Lipinski definition) is 1. The maximum atomic E-state index is 12.3. The van der Waals surface area contributed by atoms with Crippen LogP contribution in [0.2, 0.25) is 0 Å². The number of unbranched alkanes of at least 4 members (excludes halogenated alkanes) is 4. The lowest BCUT2D eigenvalue weighted by molar-refractivity contribution is -0.117. The summed E-state index contributed by atoms with van der Waals surface area (Å²) < 4.78 is 2.34. The number of fused-ring (bicyclic) bond motifs is 1. The average molecular weight is 346 g/mol. The Labute approximate surface area is 149 Å². The Hall–Kier alpha value is -1.75. The van der Waals surface area contributed by atoms with E-state index in [0.717, 1.165) is 36.6 Å². The van der Waals surface area contributed by atoms with Gasteiger partial charge in [0.25, 0.3) is 0 Å². The van der Waals surface area contributed by atoms with E-state index in [1.165, 1.54) is 19.3 Å². The number of nitrogens with zero attached hydrogens (tertiary/aromatic N) is 2. The van der Waals surface area contributed by atoms with Gasteiger partial charge in [-0.2, -0.15) is 0 Å². The average Bonchev–Trinajstić information content (AvgIpc) is 2.58. The summed E-state index contributed by atoms with van der Waals surface area (Å²) in [5, 5.41) is 0.998. The maximum Gasteiger partial charge on any atom is 0.238 e. The largest absolute Gasteiger partial charge is 0.273 e. The fourth-order valence-electron chi connectivity index (χ4n) is 2.82. The zero-order chi connectivity index (χ0) is 17.4. The first-order valence-electron chi connectivity index (χ1n) is 8.96. The third-order valence-corrected chi connectivity index (χ3v) is 4.54. The summed E-state index contributed by atoms with van der Waals surface area (Å²) in [7, 11) is 0. The molecule has 0 aliphatic heterocycles. The number of nitrogens with one attached hydrogen (secondary N) is 1. The van der Waals surface area contributed by atoms with Crippen LogP contribution < -0.4 is 5.43 Å². The Bertz CT molecular complexity index is 739. The van der Waals surface area contributed by atoms with Gasteiger partial charge in [0.2, 0.25) is 5.91 Å². The molecule has 5 heteroatoms. The van der Waals surface area contributed by atoms with Crippen LogP contribution in [0.1, 0.15) is 64.4 Å². The Balaban J connectivity index is 2.16. The van der Waals surface area contributed by atoms with Crippen LogP contribution in [0, 0.1) is 4.64 Å². The minimum absolute atomic E-state index is 0.00296. The van der Waals surface area contributed by atoms with Crippen molar-refractivity contribution >= 4 is 29.2 Å². The van der Waals surface area contributed by atoms with Gasteiger partial charge in [-0.3, -0.25) is 10.2 Å². The molecule has 0 bridgehead atoms. The van der Waals surface area contributed by atoms with Crippen molar-refractivity contribution in [2.45, 2.75) is 65.2 Å². The van der Waals surface area contributed by atoms with Crippen LogP contribution in [0.25, 0.3) is 11.0 Å². The second-order valence-electron chi connectivity index (χ2n) is 6.18. The van der Waals surface area contributed by atoms with Crippen LogP contribution in [0.3, 0.4) is 0 Å². The molecular formula is C19H27N3OS. The van der Waals surface area contributed by atoms with E-state index in [0.29, 0.717) is 16.7 Å². The van der Waals surface area contributed by atoms with Crippen LogP contribution in [-0.4, -0.2) is 15.6 Å². The molecular weight excluding hydrogens is 318 g/mol. The van der Waals surface area contributed by atoms with Gasteiger partial charge in [0.1, 0.15) is 4.64 Å². The molecule has 2 aromatic heterocycles. The molecule has 0 aliphatic rings. The number of aromatic nitrogens is 2. The van der Waals surface area contributed by atoms with Gasteiger partial charge in [-0.15, -0.1) is 0 Å². The molecule has 24 heavy (non-hydrogen) atoms. The van der Waals surface area contributed by atoms with Crippen molar-refractivity contribution in [3.8, 4) is 0 Å². The van der Waals surface area contributed by atoms with E-state index >= 15 is 0 Å². The Morgan fingerprint density at radius 1 is 1.21 bits per heavy atom. The second-order valence-corrected chi connectivity index (χ2v) is 6.56. The summed E-state index contributed by atoms with van der Waals surface area (Å²) in [4.78, 5) is 16.7. The van der Waals surface area contributed by atoms with Gasteiger partial charge in [-0.05, 0) is 36.6 Å². The summed E-state index contributed by atoms with van der Waals surface area (Å²) in [6.45, 7) is 4.32. The predicted molar refractivity (Wildman–Crippen MR) is 102 cm³/mol. The number of carbonyl (C=O) groups is 1. The third kappa shape index (κ3) is 4.87. The van der Waals surface area contributed by atoms with Crippen molar-refractivity contribution in [2.75, 3.05) is 5.43 Å². The SMILES string of the molecule is CCCCCCCC(=O)Nn1c(=S)c(CCC)cc2cccnc21. The molecule has 0 atom stereocenters. The highest BCUT2D eigenvalue weighted by Crippen LogP contribution is 2.17. The van der Waals surface area contributed by atoms with E-state index in [1.807, 2.05) is 12.1 Å². The van der Waals surface area contributed by atoms with Gasteiger partial charge in [-0.1, -0.05) is 58.2 Å². The molecule has 0 spiro atoms. The van der Waals surface area contributed by atoms with Gasteiger partial charge in [-0.25, -0.2) is 9.66 Å². The highest BCUT2D eigenvalue weighted by molar-refractivity contribution is 7.71. The maximum absolute atomic E-state index is 12.3. The number of pyridine rings is 2. The third-order valence-electron chi connectivity index (χ3n) is 4.10. The Kier molecular flexibility index (Phi) is 7.37. The lowest BCUT2D eigenvalue weighted by Crippen LogP contribution is -2.25. The van der Waals surface area contributed by atoms with Crippen molar-refractivity contribution in [3.63, 3.8) is 0 Å². The summed E-state index contributed by atoms with van der Waals surface area (Å²) in [6, 6.07) is 5.99. The molecule has 2 rings (SSSR count). The topological polar surface area (TPSA) is 46.9 Å². The van der Waals surface area contributed by atoms with E-state index < -0.39 is 0 Å². The molecule has 0 unspecified atom stereocenters. The number of aryl methyl sites for hydroxylation is 1. The van der Waals surface area contributed by atoms with Gasteiger partial charge in [0.15, 0.2) is 5.65 Å². The van der Waals surface area contributed by atoms with Crippen molar-refractivity contribution in [1.29, 1.82) is 0 Å². The van der Waals surface area contributed by atoms with Gasteiger partial charge >= 0.3 is 0 Å². The van der Waals surface area contributed by atoms with E-state index in [-0.39, 0.29) is 5.91 Å². The first kappa shape index (κ1) is 18.6. The lowest BCUT2D eigenvalue weighted by atomic mass is 10.1. The zero-order valence-electron chi connectivity index (χ0n) is 14.7. The first-order chi connectivity index (χ1) is 11.7. The molecule has 0 aromatic carbocycles. The van der Waals surface area contributed by atoms with E-state index in [2.05, 4.69) is 30.3 Å². The highest BCUT2D eigenvalue weighted by atomic mass is 32.1. The summed E-state index contributed by atoms with van der Waals surface area (Å²) >= 11 is 5.58. The lowest BCUT2D eigenvalue weighted by Gasteiger charge is -2.14.